The van der Waals surface area contributed by atoms with Gasteiger partial charge in [0.1, 0.15) is 5.82 Å². The molecule has 0 aliphatic carbocycles. The molecule has 1 aliphatic heterocycles. The minimum atomic E-state index is -0.435. The summed E-state index contributed by atoms with van der Waals surface area (Å²) in [5, 5.41) is 0.403. The van der Waals surface area contributed by atoms with Crippen LogP contribution in [0.2, 0.25) is 0 Å². The molecule has 0 spiro atoms. The Morgan fingerprint density at radius 3 is 2.61 bits per heavy atom. The van der Waals surface area contributed by atoms with E-state index in [1.54, 1.807) is 24.4 Å². The molecule has 2 aromatic heterocycles. The number of fused-ring (bicyclic) bond motifs is 1. The topological polar surface area (TPSA) is 41.9 Å². The van der Waals surface area contributed by atoms with Crippen molar-refractivity contribution in [2.24, 2.45) is 0 Å². The molecule has 1 aromatic carbocycles. The Hall–Kier alpha value is -2.63. The lowest BCUT2D eigenvalue weighted by atomic mass is 10.1. The Morgan fingerprint density at radius 2 is 1.78 bits per heavy atom. The molecule has 0 atom stereocenters. The predicted octanol–water partition coefficient (Wildman–Crippen LogP) is 3.57. The van der Waals surface area contributed by atoms with Crippen LogP contribution in [0.15, 0.2) is 36.7 Å². The molecule has 3 heterocycles. The van der Waals surface area contributed by atoms with Crippen molar-refractivity contribution in [3.63, 3.8) is 0 Å². The minimum absolute atomic E-state index is 0.306. The van der Waals surface area contributed by atoms with E-state index in [2.05, 4.69) is 15.0 Å². The van der Waals surface area contributed by atoms with Gasteiger partial charge in [0.05, 0.1) is 11.7 Å². The maximum absolute atomic E-state index is 14.1. The van der Waals surface area contributed by atoms with Crippen LogP contribution < -0.4 is 4.90 Å². The van der Waals surface area contributed by atoms with E-state index < -0.39 is 5.82 Å². The summed E-state index contributed by atoms with van der Waals surface area (Å²) in [4.78, 5) is 14.6. The van der Waals surface area contributed by atoms with Crippen molar-refractivity contribution in [3.05, 3.63) is 48.3 Å². The first-order valence-corrected chi connectivity index (χ1v) is 7.55. The van der Waals surface area contributed by atoms with E-state index in [-0.39, 0.29) is 5.82 Å². The van der Waals surface area contributed by atoms with E-state index in [1.165, 1.54) is 12.3 Å². The molecule has 0 N–H and O–H groups in total. The number of hydrogen-bond donors (Lipinski definition) is 0. The van der Waals surface area contributed by atoms with Crippen molar-refractivity contribution >= 4 is 16.7 Å². The van der Waals surface area contributed by atoms with Gasteiger partial charge in [0.25, 0.3) is 0 Å². The van der Waals surface area contributed by atoms with Crippen molar-refractivity contribution in [2.45, 2.75) is 12.8 Å². The van der Waals surface area contributed by atoms with Crippen molar-refractivity contribution in [1.29, 1.82) is 0 Å². The van der Waals surface area contributed by atoms with Gasteiger partial charge < -0.3 is 4.90 Å². The first-order chi connectivity index (χ1) is 11.2. The molecule has 0 unspecified atom stereocenters. The van der Waals surface area contributed by atoms with Crippen molar-refractivity contribution in [2.75, 3.05) is 18.0 Å². The molecule has 1 fully saturated rings. The van der Waals surface area contributed by atoms with Gasteiger partial charge in [-0.2, -0.15) is 0 Å². The molecule has 0 saturated carbocycles. The van der Waals surface area contributed by atoms with Crippen molar-refractivity contribution in [3.8, 4) is 11.4 Å². The van der Waals surface area contributed by atoms with Crippen LogP contribution in [0.4, 0.5) is 14.6 Å². The fraction of sp³-hybridized carbons (Fsp3) is 0.235. The van der Waals surface area contributed by atoms with Gasteiger partial charge in [0.2, 0.25) is 0 Å². The molecule has 0 radical (unpaired) electrons. The molecule has 116 valence electrons. The van der Waals surface area contributed by atoms with Crippen LogP contribution in [0.3, 0.4) is 0 Å². The van der Waals surface area contributed by atoms with Gasteiger partial charge in [-0.05, 0) is 37.1 Å². The summed E-state index contributed by atoms with van der Waals surface area (Å²) < 4.78 is 28.0. The highest BCUT2D eigenvalue weighted by molar-refractivity contribution is 5.92. The molecule has 0 bridgehead atoms. The monoisotopic (exact) mass is 312 g/mol. The Labute approximate surface area is 131 Å². The average Bonchev–Trinajstić information content (AvgIpc) is 3.11. The average molecular weight is 312 g/mol. The quantitative estimate of drug-likeness (QED) is 0.725. The van der Waals surface area contributed by atoms with E-state index in [1.807, 2.05) is 4.90 Å². The van der Waals surface area contributed by atoms with Crippen LogP contribution in [-0.4, -0.2) is 28.0 Å². The number of halogens is 2. The lowest BCUT2D eigenvalue weighted by molar-refractivity contribution is 0.609. The number of benzene rings is 1. The van der Waals surface area contributed by atoms with Gasteiger partial charge >= 0.3 is 0 Å². The van der Waals surface area contributed by atoms with Crippen LogP contribution in [0, 0.1) is 11.6 Å². The molecule has 1 aliphatic rings. The van der Waals surface area contributed by atoms with Gasteiger partial charge in [0, 0.05) is 30.2 Å². The summed E-state index contributed by atoms with van der Waals surface area (Å²) in [5.74, 6) is -0.119. The first kappa shape index (κ1) is 14.0. The Kier molecular flexibility index (Phi) is 3.37. The van der Waals surface area contributed by atoms with Crippen LogP contribution in [-0.2, 0) is 0 Å². The minimum Gasteiger partial charge on any atom is -0.354 e. The SMILES string of the molecule is Fc1cnc(-c2ccc(F)c3cccnc23)nc1N1CCCC1. The molecule has 6 heteroatoms. The van der Waals surface area contributed by atoms with E-state index >= 15 is 0 Å². The smallest absolute Gasteiger partial charge is 0.183 e. The Balaban J connectivity index is 1.88. The number of hydrogen-bond acceptors (Lipinski definition) is 4. The molecule has 3 aromatic rings. The molecule has 0 amide bonds. The third kappa shape index (κ3) is 2.40. The lowest BCUT2D eigenvalue weighted by Crippen LogP contribution is -2.21. The zero-order valence-electron chi connectivity index (χ0n) is 12.3. The Morgan fingerprint density at radius 1 is 0.957 bits per heavy atom. The lowest BCUT2D eigenvalue weighted by Gasteiger charge is -2.17. The number of nitrogens with zero attached hydrogens (tertiary/aromatic N) is 4. The molecule has 4 rings (SSSR count). The zero-order chi connectivity index (χ0) is 15.8. The maximum Gasteiger partial charge on any atom is 0.183 e. The highest BCUT2D eigenvalue weighted by Crippen LogP contribution is 2.29. The highest BCUT2D eigenvalue weighted by Gasteiger charge is 2.20. The van der Waals surface area contributed by atoms with Crippen LogP contribution in [0.5, 0.6) is 0 Å². The number of aromatic nitrogens is 3. The van der Waals surface area contributed by atoms with Gasteiger partial charge in [0.15, 0.2) is 17.5 Å². The van der Waals surface area contributed by atoms with E-state index in [0.717, 1.165) is 25.9 Å². The molecule has 4 nitrogen and oxygen atoms in total. The number of anilines is 1. The normalized spacial score (nSPS) is 14.6. The van der Waals surface area contributed by atoms with E-state index in [4.69, 9.17) is 0 Å². The molecule has 1 saturated heterocycles. The van der Waals surface area contributed by atoms with Gasteiger partial charge in [-0.3, -0.25) is 4.98 Å². The first-order valence-electron chi connectivity index (χ1n) is 7.55. The fourth-order valence-electron chi connectivity index (χ4n) is 2.96. The van der Waals surface area contributed by atoms with Crippen molar-refractivity contribution < 1.29 is 8.78 Å². The number of pyridine rings is 1. The fourth-order valence-corrected chi connectivity index (χ4v) is 2.96. The van der Waals surface area contributed by atoms with E-state index in [9.17, 15) is 8.78 Å². The van der Waals surface area contributed by atoms with Crippen LogP contribution in [0.1, 0.15) is 12.8 Å². The summed E-state index contributed by atoms with van der Waals surface area (Å²) in [6.07, 6.45) is 4.82. The van der Waals surface area contributed by atoms with Crippen molar-refractivity contribution in [1.82, 2.24) is 15.0 Å². The molecular formula is C17H14F2N4. The second-order valence-corrected chi connectivity index (χ2v) is 5.55. The largest absolute Gasteiger partial charge is 0.354 e. The highest BCUT2D eigenvalue weighted by atomic mass is 19.1. The maximum atomic E-state index is 14.1. The third-order valence-corrected chi connectivity index (χ3v) is 4.09. The third-order valence-electron chi connectivity index (χ3n) is 4.09. The summed E-state index contributed by atoms with van der Waals surface area (Å²) in [5.41, 5.74) is 1.08. The standard InChI is InChI=1S/C17H14F2N4/c18-13-6-5-12(15-11(13)4-3-7-20-15)16-21-10-14(19)17(22-16)23-8-1-2-9-23/h3-7,10H,1-2,8-9H2. The number of rotatable bonds is 2. The summed E-state index contributed by atoms with van der Waals surface area (Å²) in [6.45, 7) is 1.57. The summed E-state index contributed by atoms with van der Waals surface area (Å²) in [7, 11) is 0. The second kappa shape index (κ2) is 5.53. The van der Waals surface area contributed by atoms with Gasteiger partial charge in [-0.25, -0.2) is 18.7 Å². The van der Waals surface area contributed by atoms with Crippen LogP contribution in [0.25, 0.3) is 22.3 Å². The van der Waals surface area contributed by atoms with E-state index in [0.29, 0.717) is 28.1 Å². The zero-order valence-corrected chi connectivity index (χ0v) is 12.3. The Bertz CT molecular complexity index is 876. The predicted molar refractivity (Wildman–Crippen MR) is 84.1 cm³/mol. The van der Waals surface area contributed by atoms with Crippen LogP contribution >= 0.6 is 0 Å². The summed E-state index contributed by atoms with van der Waals surface area (Å²) in [6, 6.07) is 6.29. The van der Waals surface area contributed by atoms with Gasteiger partial charge in [-0.1, -0.05) is 0 Å². The second-order valence-electron chi connectivity index (χ2n) is 5.55. The molecule has 23 heavy (non-hydrogen) atoms. The molecular weight excluding hydrogens is 298 g/mol. The summed E-state index contributed by atoms with van der Waals surface area (Å²) >= 11 is 0. The van der Waals surface area contributed by atoms with Gasteiger partial charge in [-0.15, -0.1) is 0 Å².